The Labute approximate surface area is 60.4 Å². The van der Waals surface area contributed by atoms with Crippen LogP contribution in [0.4, 0.5) is 4.79 Å². The molecular formula is C6H14N2O2. The van der Waals surface area contributed by atoms with E-state index in [2.05, 4.69) is 5.32 Å². The number of carbonyl (C=O) groups excluding carboxylic acids is 1. The summed E-state index contributed by atoms with van der Waals surface area (Å²) >= 11 is 0. The standard InChI is InChI=1S/C6H14N2O2/c1-2-5(3-4-9)8-6(7)10/h5,9H,2-4H2,1H3,(H3,7,8,10). The molecule has 0 spiro atoms. The molecule has 0 saturated heterocycles. The summed E-state index contributed by atoms with van der Waals surface area (Å²) in [6, 6.07) is -0.511. The molecule has 0 aromatic heterocycles. The minimum atomic E-state index is -0.527. The molecule has 1 unspecified atom stereocenters. The lowest BCUT2D eigenvalue weighted by molar-refractivity contribution is 0.235. The molecule has 0 bridgehead atoms. The van der Waals surface area contributed by atoms with Crippen molar-refractivity contribution in [3.05, 3.63) is 0 Å². The first-order chi connectivity index (χ1) is 4.70. The van der Waals surface area contributed by atoms with E-state index in [0.717, 1.165) is 6.42 Å². The van der Waals surface area contributed by atoms with Crippen LogP contribution in [-0.2, 0) is 0 Å². The summed E-state index contributed by atoms with van der Waals surface area (Å²) in [5.41, 5.74) is 4.87. The number of hydrogen-bond acceptors (Lipinski definition) is 2. The molecule has 4 N–H and O–H groups in total. The van der Waals surface area contributed by atoms with Gasteiger partial charge in [-0.2, -0.15) is 0 Å². The van der Waals surface area contributed by atoms with E-state index in [4.69, 9.17) is 10.8 Å². The van der Waals surface area contributed by atoms with E-state index in [9.17, 15) is 4.79 Å². The Morgan fingerprint density at radius 2 is 2.40 bits per heavy atom. The largest absolute Gasteiger partial charge is 0.396 e. The first kappa shape index (κ1) is 9.23. The second-order valence-corrected chi connectivity index (χ2v) is 2.13. The van der Waals surface area contributed by atoms with Gasteiger partial charge in [-0.1, -0.05) is 6.92 Å². The van der Waals surface area contributed by atoms with Crippen LogP contribution in [0.3, 0.4) is 0 Å². The fraction of sp³-hybridized carbons (Fsp3) is 0.833. The van der Waals surface area contributed by atoms with Crippen LogP contribution in [0.1, 0.15) is 19.8 Å². The number of carbonyl (C=O) groups is 1. The Bertz CT molecular complexity index is 106. The third-order valence-electron chi connectivity index (χ3n) is 1.32. The van der Waals surface area contributed by atoms with Crippen molar-refractivity contribution in [2.24, 2.45) is 5.73 Å². The molecule has 0 rings (SSSR count). The zero-order valence-corrected chi connectivity index (χ0v) is 6.13. The molecule has 1 atom stereocenters. The maximum Gasteiger partial charge on any atom is 0.312 e. The number of hydrogen-bond donors (Lipinski definition) is 3. The first-order valence-corrected chi connectivity index (χ1v) is 3.37. The number of aliphatic hydroxyl groups is 1. The van der Waals surface area contributed by atoms with Gasteiger partial charge < -0.3 is 16.2 Å². The lowest BCUT2D eigenvalue weighted by Crippen LogP contribution is -2.38. The summed E-state index contributed by atoms with van der Waals surface area (Å²) in [4.78, 5) is 10.3. The van der Waals surface area contributed by atoms with Gasteiger partial charge in [-0.15, -0.1) is 0 Å². The number of nitrogens with two attached hydrogens (primary N) is 1. The fourth-order valence-electron chi connectivity index (χ4n) is 0.735. The van der Waals surface area contributed by atoms with Crippen LogP contribution in [-0.4, -0.2) is 23.8 Å². The monoisotopic (exact) mass is 146 g/mol. The molecule has 0 aromatic carbocycles. The molecule has 0 radical (unpaired) electrons. The van der Waals surface area contributed by atoms with Gasteiger partial charge in [0.2, 0.25) is 0 Å². The Morgan fingerprint density at radius 1 is 1.80 bits per heavy atom. The normalized spacial score (nSPS) is 12.6. The van der Waals surface area contributed by atoms with Crippen molar-refractivity contribution in [1.29, 1.82) is 0 Å². The molecule has 0 aliphatic rings. The van der Waals surface area contributed by atoms with Crippen molar-refractivity contribution in [1.82, 2.24) is 5.32 Å². The van der Waals surface area contributed by atoms with Gasteiger partial charge in [-0.05, 0) is 12.8 Å². The molecular weight excluding hydrogens is 132 g/mol. The van der Waals surface area contributed by atoms with Gasteiger partial charge in [-0.3, -0.25) is 0 Å². The molecule has 10 heavy (non-hydrogen) atoms. The van der Waals surface area contributed by atoms with E-state index >= 15 is 0 Å². The van der Waals surface area contributed by atoms with Crippen molar-refractivity contribution < 1.29 is 9.90 Å². The molecule has 60 valence electrons. The van der Waals surface area contributed by atoms with E-state index in [0.29, 0.717) is 6.42 Å². The molecule has 4 heteroatoms. The molecule has 4 nitrogen and oxygen atoms in total. The number of amides is 2. The average molecular weight is 146 g/mol. The highest BCUT2D eigenvalue weighted by Gasteiger charge is 2.05. The van der Waals surface area contributed by atoms with Gasteiger partial charge in [0.05, 0.1) is 0 Å². The lowest BCUT2D eigenvalue weighted by Gasteiger charge is -2.12. The van der Waals surface area contributed by atoms with E-state index < -0.39 is 6.03 Å². The maximum atomic E-state index is 10.3. The summed E-state index contributed by atoms with van der Waals surface area (Å²) in [6.07, 6.45) is 1.36. The quantitative estimate of drug-likeness (QED) is 0.514. The zero-order chi connectivity index (χ0) is 7.98. The maximum absolute atomic E-state index is 10.3. The van der Waals surface area contributed by atoms with Crippen LogP contribution in [0.15, 0.2) is 0 Å². The zero-order valence-electron chi connectivity index (χ0n) is 6.13. The molecule has 0 fully saturated rings. The highest BCUT2D eigenvalue weighted by atomic mass is 16.3. The van der Waals surface area contributed by atoms with Crippen LogP contribution >= 0.6 is 0 Å². The third kappa shape index (κ3) is 4.14. The smallest absolute Gasteiger partial charge is 0.312 e. The van der Waals surface area contributed by atoms with Gasteiger partial charge in [0.1, 0.15) is 0 Å². The molecule has 0 aromatic rings. The topological polar surface area (TPSA) is 75.3 Å². The summed E-state index contributed by atoms with van der Waals surface area (Å²) in [5.74, 6) is 0. The molecule has 0 aliphatic heterocycles. The van der Waals surface area contributed by atoms with Gasteiger partial charge in [0, 0.05) is 12.6 Å². The summed E-state index contributed by atoms with van der Waals surface area (Å²) in [5, 5.41) is 11.0. The number of primary amides is 1. The predicted molar refractivity (Wildman–Crippen MR) is 38.5 cm³/mol. The van der Waals surface area contributed by atoms with E-state index in [1.54, 1.807) is 0 Å². The summed E-state index contributed by atoms with van der Waals surface area (Å²) in [7, 11) is 0. The molecule has 0 aliphatic carbocycles. The number of urea groups is 1. The highest BCUT2D eigenvalue weighted by molar-refractivity contribution is 5.71. The third-order valence-corrected chi connectivity index (χ3v) is 1.32. The van der Waals surface area contributed by atoms with Gasteiger partial charge in [0.25, 0.3) is 0 Å². The number of nitrogens with one attached hydrogen (secondary N) is 1. The molecule has 0 heterocycles. The van der Waals surface area contributed by atoms with Crippen molar-refractivity contribution in [2.75, 3.05) is 6.61 Å². The number of rotatable bonds is 4. The van der Waals surface area contributed by atoms with Gasteiger partial charge in [0.15, 0.2) is 0 Å². The average Bonchev–Trinajstić information content (AvgIpc) is 1.86. The van der Waals surface area contributed by atoms with E-state index in [1.165, 1.54) is 0 Å². The Hall–Kier alpha value is -0.770. The van der Waals surface area contributed by atoms with Crippen molar-refractivity contribution in [2.45, 2.75) is 25.8 Å². The lowest BCUT2D eigenvalue weighted by atomic mass is 10.2. The van der Waals surface area contributed by atoms with Crippen LogP contribution in [0.25, 0.3) is 0 Å². The van der Waals surface area contributed by atoms with E-state index in [-0.39, 0.29) is 12.6 Å². The molecule has 0 saturated carbocycles. The van der Waals surface area contributed by atoms with Crippen LogP contribution in [0.5, 0.6) is 0 Å². The number of aliphatic hydroxyl groups excluding tert-OH is 1. The SMILES string of the molecule is CCC(CCO)NC(N)=O. The van der Waals surface area contributed by atoms with Crippen LogP contribution < -0.4 is 11.1 Å². The highest BCUT2D eigenvalue weighted by Crippen LogP contribution is 1.94. The van der Waals surface area contributed by atoms with Crippen LogP contribution in [0.2, 0.25) is 0 Å². The Morgan fingerprint density at radius 3 is 2.70 bits per heavy atom. The fourth-order valence-corrected chi connectivity index (χ4v) is 0.735. The van der Waals surface area contributed by atoms with Gasteiger partial charge >= 0.3 is 6.03 Å². The van der Waals surface area contributed by atoms with Crippen molar-refractivity contribution >= 4 is 6.03 Å². The van der Waals surface area contributed by atoms with Gasteiger partial charge in [-0.25, -0.2) is 4.79 Å². The first-order valence-electron chi connectivity index (χ1n) is 3.37. The predicted octanol–water partition coefficient (Wildman–Crippen LogP) is -0.184. The summed E-state index contributed by atoms with van der Waals surface area (Å²) < 4.78 is 0. The summed E-state index contributed by atoms with van der Waals surface area (Å²) in [6.45, 7) is 2.01. The van der Waals surface area contributed by atoms with Crippen molar-refractivity contribution in [3.8, 4) is 0 Å². The minimum Gasteiger partial charge on any atom is -0.396 e. The minimum absolute atomic E-state index is 0.0162. The second kappa shape index (κ2) is 5.05. The molecule has 2 amide bonds. The van der Waals surface area contributed by atoms with E-state index in [1.807, 2.05) is 6.92 Å². The Balaban J connectivity index is 3.49. The van der Waals surface area contributed by atoms with Crippen molar-refractivity contribution in [3.63, 3.8) is 0 Å². The Kier molecular flexibility index (Phi) is 4.66. The second-order valence-electron chi connectivity index (χ2n) is 2.13. The van der Waals surface area contributed by atoms with Crippen LogP contribution in [0, 0.1) is 0 Å².